The Morgan fingerprint density at radius 2 is 1.75 bits per heavy atom. The Labute approximate surface area is 210 Å². The van der Waals surface area contributed by atoms with Gasteiger partial charge in [0, 0.05) is 43.8 Å². The molecule has 0 saturated carbocycles. The van der Waals surface area contributed by atoms with Gasteiger partial charge in [0.25, 0.3) is 0 Å². The topological polar surface area (TPSA) is 99.6 Å². The van der Waals surface area contributed by atoms with Gasteiger partial charge < -0.3 is 24.4 Å². The second kappa shape index (κ2) is 8.39. The number of esters is 2. The van der Waals surface area contributed by atoms with Crippen molar-refractivity contribution in [2.24, 2.45) is 5.41 Å². The van der Waals surface area contributed by atoms with Crippen LogP contribution in [0.4, 0.5) is 0 Å². The van der Waals surface area contributed by atoms with Gasteiger partial charge in [-0.1, -0.05) is 6.07 Å². The van der Waals surface area contributed by atoms with Gasteiger partial charge in [0.05, 0.1) is 28.4 Å². The van der Waals surface area contributed by atoms with Crippen molar-refractivity contribution in [3.63, 3.8) is 0 Å². The first-order valence-corrected chi connectivity index (χ1v) is 12.8. The van der Waals surface area contributed by atoms with E-state index in [2.05, 4.69) is 16.8 Å². The number of fused-ring (bicyclic) bond motifs is 3. The number of piperazine rings is 1. The van der Waals surface area contributed by atoms with Gasteiger partial charge >= 0.3 is 11.9 Å². The van der Waals surface area contributed by atoms with Crippen molar-refractivity contribution in [2.75, 3.05) is 39.8 Å². The molecule has 1 aromatic carbocycles. The van der Waals surface area contributed by atoms with Crippen LogP contribution in [0.15, 0.2) is 23.4 Å². The maximum atomic E-state index is 13.8. The molecule has 0 aromatic heterocycles. The van der Waals surface area contributed by atoms with Crippen molar-refractivity contribution in [1.82, 2.24) is 14.7 Å². The first-order chi connectivity index (χ1) is 17.2. The zero-order valence-electron chi connectivity index (χ0n) is 21.1. The highest BCUT2D eigenvalue weighted by molar-refractivity contribution is 5.94. The van der Waals surface area contributed by atoms with E-state index < -0.39 is 11.5 Å². The summed E-state index contributed by atoms with van der Waals surface area (Å²) in [5.41, 5.74) is 4.03. The summed E-state index contributed by atoms with van der Waals surface area (Å²) in [6.07, 6.45) is 1.56. The average Bonchev–Trinajstić information content (AvgIpc) is 3.47. The third-order valence-corrected chi connectivity index (χ3v) is 9.10. The smallest absolute Gasteiger partial charge is 0.338 e. The summed E-state index contributed by atoms with van der Waals surface area (Å²) in [6.45, 7) is 6.90. The maximum absolute atomic E-state index is 13.8. The standard InChI is InChI=1S/C27H33N3O6/c1-15-19(4-5-20-21(15)13-35-25(20)33)23(31)12-30-17-8-27(9-18(30)11-28(3)10-17)6-7-29(26(27)34)22-14-36-24(32)16(22)2/h4-5,17-18,23,31H,6-14H2,1-3H3/t17-,18+,23-,27+/m1/s1. The van der Waals surface area contributed by atoms with Gasteiger partial charge in [-0.25, -0.2) is 9.59 Å². The Bertz CT molecular complexity index is 1180. The van der Waals surface area contributed by atoms with Gasteiger partial charge in [-0.05, 0) is 57.4 Å². The van der Waals surface area contributed by atoms with Crippen LogP contribution in [0.3, 0.4) is 0 Å². The molecule has 0 aliphatic carbocycles. The molecule has 2 bridgehead atoms. The van der Waals surface area contributed by atoms with E-state index in [4.69, 9.17) is 9.47 Å². The summed E-state index contributed by atoms with van der Waals surface area (Å²) in [7, 11) is 2.12. The molecule has 5 aliphatic heterocycles. The molecule has 5 heterocycles. The third-order valence-electron chi connectivity index (χ3n) is 9.10. The van der Waals surface area contributed by atoms with Crippen LogP contribution in [0.5, 0.6) is 0 Å². The zero-order chi connectivity index (χ0) is 25.4. The molecule has 1 N–H and O–H groups in total. The third kappa shape index (κ3) is 3.51. The number of cyclic esters (lactones) is 2. The molecule has 3 saturated heterocycles. The molecule has 0 radical (unpaired) electrons. The van der Waals surface area contributed by atoms with E-state index in [1.54, 1.807) is 17.9 Å². The van der Waals surface area contributed by atoms with Crippen LogP contribution in [0.2, 0.25) is 0 Å². The molecule has 1 amide bonds. The Morgan fingerprint density at radius 3 is 2.42 bits per heavy atom. The summed E-state index contributed by atoms with van der Waals surface area (Å²) in [5.74, 6) is -0.518. The number of hydrogen-bond donors (Lipinski definition) is 1. The average molecular weight is 496 g/mol. The van der Waals surface area contributed by atoms with Crippen molar-refractivity contribution >= 4 is 17.8 Å². The molecule has 9 heteroatoms. The number of nitrogens with zero attached hydrogens (tertiary/aromatic N) is 3. The maximum Gasteiger partial charge on any atom is 0.338 e. The van der Waals surface area contributed by atoms with Crippen LogP contribution in [0.25, 0.3) is 0 Å². The Balaban J connectivity index is 1.22. The zero-order valence-corrected chi connectivity index (χ0v) is 21.1. The fraction of sp³-hybridized carbons (Fsp3) is 0.593. The van der Waals surface area contributed by atoms with Gasteiger partial charge in [-0.3, -0.25) is 9.69 Å². The number of ether oxygens (including phenoxy) is 2. The van der Waals surface area contributed by atoms with E-state index in [9.17, 15) is 19.5 Å². The number of aliphatic hydroxyl groups excluding tert-OH is 1. The summed E-state index contributed by atoms with van der Waals surface area (Å²) in [5, 5.41) is 11.3. The van der Waals surface area contributed by atoms with Gasteiger partial charge in [0.15, 0.2) is 0 Å². The van der Waals surface area contributed by atoms with Crippen molar-refractivity contribution in [3.8, 4) is 0 Å². The van der Waals surface area contributed by atoms with Crippen molar-refractivity contribution in [2.45, 2.75) is 57.9 Å². The molecule has 5 aliphatic rings. The van der Waals surface area contributed by atoms with Crippen molar-refractivity contribution < 1.29 is 29.0 Å². The quantitative estimate of drug-likeness (QED) is 0.628. The number of piperidine rings is 1. The number of carbonyl (C=O) groups is 3. The Hall–Kier alpha value is -2.75. The predicted octanol–water partition coefficient (Wildman–Crippen LogP) is 1.53. The Kier molecular flexibility index (Phi) is 5.51. The second-order valence-corrected chi connectivity index (χ2v) is 11.2. The first kappa shape index (κ1) is 23.6. The molecule has 192 valence electrons. The second-order valence-electron chi connectivity index (χ2n) is 11.2. The van der Waals surface area contributed by atoms with Gasteiger partial charge in [-0.2, -0.15) is 0 Å². The molecule has 1 spiro atoms. The van der Waals surface area contributed by atoms with E-state index in [-0.39, 0.29) is 43.1 Å². The monoisotopic (exact) mass is 495 g/mol. The number of hydrogen-bond acceptors (Lipinski definition) is 8. The number of likely N-dealkylation sites (N-methyl/N-ethyl adjacent to an activating group) is 1. The summed E-state index contributed by atoms with van der Waals surface area (Å²) in [4.78, 5) is 44.1. The van der Waals surface area contributed by atoms with Crippen LogP contribution < -0.4 is 0 Å². The van der Waals surface area contributed by atoms with E-state index in [0.717, 1.165) is 54.7 Å². The number of carbonyl (C=O) groups excluding carboxylic acids is 3. The number of likely N-dealkylation sites (tertiary alicyclic amines) is 2. The highest BCUT2D eigenvalue weighted by Crippen LogP contribution is 2.49. The molecule has 6 rings (SSSR count). The van der Waals surface area contributed by atoms with Crippen molar-refractivity contribution in [3.05, 3.63) is 45.7 Å². The number of aliphatic hydroxyl groups is 1. The summed E-state index contributed by atoms with van der Waals surface area (Å²) in [6, 6.07) is 3.91. The van der Waals surface area contributed by atoms with Crippen molar-refractivity contribution in [1.29, 1.82) is 0 Å². The van der Waals surface area contributed by atoms with Crippen LogP contribution in [0, 0.1) is 12.3 Å². The minimum absolute atomic E-state index is 0.119. The molecule has 1 aromatic rings. The molecule has 4 atom stereocenters. The largest absolute Gasteiger partial charge is 0.457 e. The Morgan fingerprint density at radius 1 is 1.06 bits per heavy atom. The lowest BCUT2D eigenvalue weighted by molar-refractivity contribution is -0.144. The lowest BCUT2D eigenvalue weighted by Crippen LogP contribution is -2.65. The normalized spacial score (nSPS) is 31.3. The molecule has 36 heavy (non-hydrogen) atoms. The molecule has 3 fully saturated rings. The van der Waals surface area contributed by atoms with Gasteiger partial charge in [-0.15, -0.1) is 0 Å². The molecule has 0 unspecified atom stereocenters. The first-order valence-electron chi connectivity index (χ1n) is 12.8. The fourth-order valence-electron chi connectivity index (χ4n) is 7.18. The van der Waals surface area contributed by atoms with Crippen LogP contribution in [-0.2, 0) is 25.7 Å². The van der Waals surface area contributed by atoms with Crippen LogP contribution in [-0.4, -0.2) is 89.6 Å². The lowest BCUT2D eigenvalue weighted by Gasteiger charge is -2.54. The van der Waals surface area contributed by atoms with Crippen LogP contribution >= 0.6 is 0 Å². The minimum Gasteiger partial charge on any atom is -0.457 e. The molecular weight excluding hydrogens is 462 g/mol. The highest BCUT2D eigenvalue weighted by atomic mass is 16.5. The van der Waals surface area contributed by atoms with Crippen LogP contribution in [0.1, 0.15) is 59.3 Å². The van der Waals surface area contributed by atoms with E-state index in [1.807, 2.05) is 13.0 Å². The van der Waals surface area contributed by atoms with Gasteiger partial charge in [0.1, 0.15) is 13.2 Å². The number of benzene rings is 1. The van der Waals surface area contributed by atoms with E-state index >= 15 is 0 Å². The van der Waals surface area contributed by atoms with E-state index in [1.165, 1.54) is 0 Å². The molecular formula is C27H33N3O6. The fourth-order valence-corrected chi connectivity index (χ4v) is 7.18. The lowest BCUT2D eigenvalue weighted by atomic mass is 9.69. The van der Waals surface area contributed by atoms with E-state index in [0.29, 0.717) is 24.2 Å². The predicted molar refractivity (Wildman–Crippen MR) is 129 cm³/mol. The molecule has 9 nitrogen and oxygen atoms in total. The SMILES string of the molecule is CC1=C(N2CC[C@]3(C[C@H]4CN(C)C[C@@H](C3)N4C[C@@H](O)c3ccc4c(c3C)COC4=O)C2=O)COC1=O. The highest BCUT2D eigenvalue weighted by Gasteiger charge is 2.56. The summed E-state index contributed by atoms with van der Waals surface area (Å²) < 4.78 is 10.4. The van der Waals surface area contributed by atoms with Gasteiger partial charge in [0.2, 0.25) is 5.91 Å². The summed E-state index contributed by atoms with van der Waals surface area (Å²) >= 11 is 0. The number of amides is 1. The minimum atomic E-state index is -0.696. The number of rotatable bonds is 4.